The molecule has 0 radical (unpaired) electrons. The van der Waals surface area contributed by atoms with E-state index in [0.717, 1.165) is 18.8 Å². The Morgan fingerprint density at radius 3 is 3.00 bits per heavy atom. The van der Waals surface area contributed by atoms with Crippen molar-refractivity contribution >= 4 is 5.69 Å². The van der Waals surface area contributed by atoms with Crippen molar-refractivity contribution in [1.82, 2.24) is 4.98 Å². The Labute approximate surface area is 89.8 Å². The van der Waals surface area contributed by atoms with Crippen molar-refractivity contribution in [1.29, 1.82) is 5.26 Å². The Kier molecular flexibility index (Phi) is 4.58. The van der Waals surface area contributed by atoms with Crippen LogP contribution in [-0.4, -0.2) is 29.8 Å². The topological polar surface area (TPSA) is 60.1 Å². The van der Waals surface area contributed by atoms with Gasteiger partial charge in [-0.1, -0.05) is 0 Å². The lowest BCUT2D eigenvalue weighted by Gasteiger charge is -2.23. The number of aliphatic hydroxyl groups excluding tert-OH is 1. The van der Waals surface area contributed by atoms with Gasteiger partial charge in [-0.25, -0.2) is 0 Å². The molecule has 80 valence electrons. The van der Waals surface area contributed by atoms with Crippen LogP contribution in [0.4, 0.5) is 5.69 Å². The summed E-state index contributed by atoms with van der Waals surface area (Å²) in [5, 5.41) is 17.7. The van der Waals surface area contributed by atoms with Crippen LogP contribution in [0.3, 0.4) is 0 Å². The molecule has 1 N–H and O–H groups in total. The molecular weight excluding hydrogens is 190 g/mol. The fourth-order valence-electron chi connectivity index (χ4n) is 1.44. The molecule has 0 unspecified atom stereocenters. The summed E-state index contributed by atoms with van der Waals surface area (Å²) in [5.74, 6) is 0. The maximum Gasteiger partial charge on any atom is 0.101 e. The molecule has 0 aliphatic rings. The van der Waals surface area contributed by atoms with Gasteiger partial charge in [0.25, 0.3) is 0 Å². The molecule has 4 heteroatoms. The summed E-state index contributed by atoms with van der Waals surface area (Å²) < 4.78 is 0. The highest BCUT2D eigenvalue weighted by atomic mass is 16.3. The van der Waals surface area contributed by atoms with Gasteiger partial charge >= 0.3 is 0 Å². The van der Waals surface area contributed by atoms with Crippen LogP contribution in [0.15, 0.2) is 18.5 Å². The molecule has 0 amide bonds. The number of nitriles is 1. The summed E-state index contributed by atoms with van der Waals surface area (Å²) in [5.41, 5.74) is 1.47. The Morgan fingerprint density at radius 2 is 2.40 bits per heavy atom. The first-order chi connectivity index (χ1) is 7.33. The van der Waals surface area contributed by atoms with Gasteiger partial charge in [0.05, 0.1) is 17.4 Å². The number of hydrogen-bond acceptors (Lipinski definition) is 4. The number of hydrogen-bond donors (Lipinski definition) is 1. The molecule has 0 aromatic carbocycles. The van der Waals surface area contributed by atoms with Crippen LogP contribution in [-0.2, 0) is 0 Å². The Bertz CT molecular complexity index is 346. The fourth-order valence-corrected chi connectivity index (χ4v) is 1.44. The molecule has 0 atom stereocenters. The molecule has 1 heterocycles. The lowest BCUT2D eigenvalue weighted by atomic mass is 10.2. The predicted octanol–water partition coefficient (Wildman–Crippen LogP) is 1.16. The zero-order chi connectivity index (χ0) is 11.1. The van der Waals surface area contributed by atoms with Gasteiger partial charge in [-0.05, 0) is 19.4 Å². The molecule has 0 spiro atoms. The zero-order valence-corrected chi connectivity index (χ0v) is 8.85. The van der Waals surface area contributed by atoms with Crippen molar-refractivity contribution in [3.8, 4) is 6.07 Å². The highest BCUT2D eigenvalue weighted by Gasteiger charge is 2.08. The molecule has 0 saturated carbocycles. The van der Waals surface area contributed by atoms with E-state index in [1.807, 2.05) is 11.8 Å². The largest absolute Gasteiger partial charge is 0.396 e. The first kappa shape index (κ1) is 11.5. The molecule has 0 aliphatic heterocycles. The maximum atomic E-state index is 8.93. The summed E-state index contributed by atoms with van der Waals surface area (Å²) in [6, 6.07) is 3.85. The molecule has 0 bridgehead atoms. The predicted molar refractivity (Wildman–Crippen MR) is 58.5 cm³/mol. The summed E-state index contributed by atoms with van der Waals surface area (Å²) in [6.07, 6.45) is 4.01. The van der Waals surface area contributed by atoms with Crippen molar-refractivity contribution in [3.63, 3.8) is 0 Å². The van der Waals surface area contributed by atoms with Crippen LogP contribution in [0, 0.1) is 11.3 Å². The first-order valence-electron chi connectivity index (χ1n) is 5.03. The third-order valence-corrected chi connectivity index (χ3v) is 2.23. The van der Waals surface area contributed by atoms with Crippen LogP contribution < -0.4 is 4.90 Å². The first-order valence-corrected chi connectivity index (χ1v) is 5.03. The van der Waals surface area contributed by atoms with E-state index < -0.39 is 0 Å². The third-order valence-electron chi connectivity index (χ3n) is 2.23. The highest BCUT2D eigenvalue weighted by Crippen LogP contribution is 2.17. The monoisotopic (exact) mass is 205 g/mol. The number of pyridine rings is 1. The minimum Gasteiger partial charge on any atom is -0.396 e. The standard InChI is InChI=1S/C11H15N3O/c1-2-14(6-3-7-15)11-9-13-5-4-10(11)8-12/h4-5,9,15H,2-3,6-7H2,1H3. The van der Waals surface area contributed by atoms with Crippen molar-refractivity contribution in [2.24, 2.45) is 0 Å². The van der Waals surface area contributed by atoms with Crippen molar-refractivity contribution in [2.75, 3.05) is 24.6 Å². The van der Waals surface area contributed by atoms with E-state index in [2.05, 4.69) is 11.1 Å². The van der Waals surface area contributed by atoms with E-state index in [1.54, 1.807) is 18.5 Å². The number of aromatic nitrogens is 1. The average molecular weight is 205 g/mol. The highest BCUT2D eigenvalue weighted by molar-refractivity contribution is 5.57. The van der Waals surface area contributed by atoms with Gasteiger partial charge in [-0.2, -0.15) is 5.26 Å². The van der Waals surface area contributed by atoms with Gasteiger partial charge in [0, 0.05) is 25.9 Å². The molecule has 4 nitrogen and oxygen atoms in total. The normalized spacial score (nSPS) is 9.67. The van der Waals surface area contributed by atoms with Crippen LogP contribution in [0.1, 0.15) is 18.9 Å². The summed E-state index contributed by atoms with van der Waals surface area (Å²) in [4.78, 5) is 6.06. The number of rotatable bonds is 5. The Morgan fingerprint density at radius 1 is 1.60 bits per heavy atom. The minimum atomic E-state index is 0.165. The number of aliphatic hydroxyl groups is 1. The molecule has 1 rings (SSSR count). The molecular formula is C11H15N3O. The maximum absolute atomic E-state index is 8.93. The summed E-state index contributed by atoms with van der Waals surface area (Å²) >= 11 is 0. The van der Waals surface area contributed by atoms with Gasteiger partial charge < -0.3 is 10.0 Å². The molecule has 15 heavy (non-hydrogen) atoms. The van der Waals surface area contributed by atoms with Crippen LogP contribution in [0.25, 0.3) is 0 Å². The average Bonchev–Trinajstić information content (AvgIpc) is 2.30. The molecule has 1 aromatic heterocycles. The van der Waals surface area contributed by atoms with Crippen LogP contribution >= 0.6 is 0 Å². The molecule has 0 aliphatic carbocycles. The molecule has 0 fully saturated rings. The van der Waals surface area contributed by atoms with E-state index >= 15 is 0 Å². The van der Waals surface area contributed by atoms with Crippen LogP contribution in [0.2, 0.25) is 0 Å². The minimum absolute atomic E-state index is 0.165. The van der Waals surface area contributed by atoms with E-state index in [9.17, 15) is 0 Å². The van der Waals surface area contributed by atoms with Gasteiger partial charge in [-0.15, -0.1) is 0 Å². The third kappa shape index (κ3) is 2.93. The second-order valence-electron chi connectivity index (χ2n) is 3.16. The van der Waals surface area contributed by atoms with Gasteiger partial charge in [0.2, 0.25) is 0 Å². The number of nitrogens with zero attached hydrogens (tertiary/aromatic N) is 3. The SMILES string of the molecule is CCN(CCCO)c1cnccc1C#N. The van der Waals surface area contributed by atoms with E-state index in [4.69, 9.17) is 10.4 Å². The Balaban J connectivity index is 2.86. The second kappa shape index (κ2) is 5.99. The zero-order valence-electron chi connectivity index (χ0n) is 8.85. The van der Waals surface area contributed by atoms with E-state index in [-0.39, 0.29) is 6.61 Å². The quantitative estimate of drug-likeness (QED) is 0.783. The van der Waals surface area contributed by atoms with Gasteiger partial charge in [0.15, 0.2) is 0 Å². The molecule has 0 saturated heterocycles. The summed E-state index contributed by atoms with van der Waals surface area (Å²) in [7, 11) is 0. The van der Waals surface area contributed by atoms with Crippen molar-refractivity contribution < 1.29 is 5.11 Å². The molecule has 1 aromatic rings. The smallest absolute Gasteiger partial charge is 0.101 e. The van der Waals surface area contributed by atoms with E-state index in [1.165, 1.54) is 0 Å². The van der Waals surface area contributed by atoms with Crippen LogP contribution in [0.5, 0.6) is 0 Å². The van der Waals surface area contributed by atoms with Gasteiger partial charge in [0.1, 0.15) is 6.07 Å². The fraction of sp³-hybridized carbons (Fsp3) is 0.455. The van der Waals surface area contributed by atoms with Gasteiger partial charge in [-0.3, -0.25) is 4.98 Å². The Hall–Kier alpha value is -1.60. The van der Waals surface area contributed by atoms with Crippen molar-refractivity contribution in [3.05, 3.63) is 24.0 Å². The van der Waals surface area contributed by atoms with E-state index in [0.29, 0.717) is 12.0 Å². The number of anilines is 1. The summed E-state index contributed by atoms with van der Waals surface area (Å²) in [6.45, 7) is 3.73. The lowest BCUT2D eigenvalue weighted by Crippen LogP contribution is -2.25. The second-order valence-corrected chi connectivity index (χ2v) is 3.16. The van der Waals surface area contributed by atoms with Crippen molar-refractivity contribution in [2.45, 2.75) is 13.3 Å². The lowest BCUT2D eigenvalue weighted by molar-refractivity contribution is 0.289.